The summed E-state index contributed by atoms with van der Waals surface area (Å²) in [7, 11) is 0. The molecule has 0 aliphatic rings. The Labute approximate surface area is 77.2 Å². The largest absolute Gasteiger partial charge is 0.354 e. The van der Waals surface area contributed by atoms with Crippen molar-refractivity contribution in [2.45, 2.75) is 13.8 Å². The van der Waals surface area contributed by atoms with Crippen LogP contribution in [0.5, 0.6) is 0 Å². The molecule has 1 N–H and O–H groups in total. The summed E-state index contributed by atoms with van der Waals surface area (Å²) in [5, 5.41) is 2.67. The van der Waals surface area contributed by atoms with Crippen molar-refractivity contribution in [3.05, 3.63) is 0 Å². The summed E-state index contributed by atoms with van der Waals surface area (Å²) < 4.78 is 0. The number of rotatable bonds is 4. The Hall–Kier alpha value is 0.0500. The van der Waals surface area contributed by atoms with Gasteiger partial charge in [-0.2, -0.15) is 0 Å². The van der Waals surface area contributed by atoms with Crippen LogP contribution in [0.15, 0.2) is 0 Å². The molecule has 0 fully saturated rings. The highest BCUT2D eigenvalue weighted by atomic mass is 35.5. The molecule has 11 heavy (non-hydrogen) atoms. The van der Waals surface area contributed by atoms with Crippen LogP contribution in [0.3, 0.4) is 0 Å². The lowest BCUT2D eigenvalue weighted by Crippen LogP contribution is -2.38. The third-order valence-corrected chi connectivity index (χ3v) is 2.19. The van der Waals surface area contributed by atoms with Crippen molar-refractivity contribution >= 4 is 29.1 Å². The molecular formula is C7H13Cl2NO. The summed E-state index contributed by atoms with van der Waals surface area (Å²) in [5.74, 6) is 0.707. The Balaban J connectivity index is 3.82. The summed E-state index contributed by atoms with van der Waals surface area (Å²) in [6, 6.07) is 0. The number of hydrogen-bond donors (Lipinski definition) is 1. The predicted molar refractivity (Wildman–Crippen MR) is 48.2 cm³/mol. The van der Waals surface area contributed by atoms with Crippen LogP contribution in [0.25, 0.3) is 0 Å². The smallest absolute Gasteiger partial charge is 0.226 e. The minimum absolute atomic E-state index is 0.0480. The molecule has 0 atom stereocenters. The summed E-state index contributed by atoms with van der Waals surface area (Å²) >= 11 is 11.0. The van der Waals surface area contributed by atoms with Crippen LogP contribution < -0.4 is 5.32 Å². The van der Waals surface area contributed by atoms with Gasteiger partial charge in [0.2, 0.25) is 5.91 Å². The summed E-state index contributed by atoms with van der Waals surface area (Å²) in [6.45, 7) is 4.09. The van der Waals surface area contributed by atoms with Crippen molar-refractivity contribution in [3.63, 3.8) is 0 Å². The molecule has 4 heteroatoms. The molecule has 0 radical (unpaired) electrons. The van der Waals surface area contributed by atoms with Gasteiger partial charge in [-0.05, 0) is 13.8 Å². The normalized spacial score (nSPS) is 11.3. The number of carbonyl (C=O) groups excluding carboxylic acids is 1. The molecule has 0 aliphatic heterocycles. The van der Waals surface area contributed by atoms with Crippen molar-refractivity contribution in [2.24, 2.45) is 5.41 Å². The van der Waals surface area contributed by atoms with Gasteiger partial charge in [-0.1, -0.05) is 0 Å². The van der Waals surface area contributed by atoms with Crippen molar-refractivity contribution in [2.75, 3.05) is 18.3 Å². The topological polar surface area (TPSA) is 29.1 Å². The monoisotopic (exact) mass is 197 g/mol. The molecule has 0 unspecified atom stereocenters. The van der Waals surface area contributed by atoms with Crippen LogP contribution in [0.2, 0.25) is 0 Å². The van der Waals surface area contributed by atoms with Crippen molar-refractivity contribution in [1.82, 2.24) is 5.32 Å². The molecule has 0 saturated carbocycles. The van der Waals surface area contributed by atoms with Gasteiger partial charge in [-0.3, -0.25) is 4.79 Å². The van der Waals surface area contributed by atoms with E-state index in [1.807, 2.05) is 0 Å². The highest BCUT2D eigenvalue weighted by molar-refractivity contribution is 6.20. The standard InChI is InChI=1S/C7H13Cl2NO/c1-7(2,5-9)6(11)10-4-3-8/h3-5H2,1-2H3,(H,10,11). The fraction of sp³-hybridized carbons (Fsp3) is 0.857. The second kappa shape index (κ2) is 4.83. The van der Waals surface area contributed by atoms with E-state index in [2.05, 4.69) is 5.32 Å². The van der Waals surface area contributed by atoms with Crippen LogP contribution in [0.4, 0.5) is 0 Å². The van der Waals surface area contributed by atoms with Gasteiger partial charge in [-0.25, -0.2) is 0 Å². The number of nitrogens with one attached hydrogen (secondary N) is 1. The van der Waals surface area contributed by atoms with Gasteiger partial charge in [0, 0.05) is 18.3 Å². The molecule has 0 saturated heterocycles. The van der Waals surface area contributed by atoms with Gasteiger partial charge in [0.05, 0.1) is 5.41 Å². The van der Waals surface area contributed by atoms with E-state index in [0.717, 1.165) is 0 Å². The number of halogens is 2. The first-order valence-corrected chi connectivity index (χ1v) is 4.51. The van der Waals surface area contributed by atoms with Gasteiger partial charge in [0.15, 0.2) is 0 Å². The van der Waals surface area contributed by atoms with Gasteiger partial charge in [0.25, 0.3) is 0 Å². The van der Waals surface area contributed by atoms with E-state index in [1.165, 1.54) is 0 Å². The second-order valence-electron chi connectivity index (χ2n) is 2.96. The summed E-state index contributed by atoms with van der Waals surface area (Å²) in [4.78, 5) is 11.2. The highest BCUT2D eigenvalue weighted by Crippen LogP contribution is 2.16. The molecule has 1 amide bonds. The Morgan fingerprint density at radius 3 is 2.36 bits per heavy atom. The van der Waals surface area contributed by atoms with E-state index in [0.29, 0.717) is 18.3 Å². The predicted octanol–water partition coefficient (Wildman–Crippen LogP) is 1.61. The summed E-state index contributed by atoms with van der Waals surface area (Å²) in [5.41, 5.74) is -0.492. The Morgan fingerprint density at radius 2 is 2.00 bits per heavy atom. The van der Waals surface area contributed by atoms with E-state index >= 15 is 0 Å². The van der Waals surface area contributed by atoms with Crippen LogP contribution in [-0.4, -0.2) is 24.2 Å². The molecule has 0 aromatic carbocycles. The minimum atomic E-state index is -0.492. The molecule has 0 rings (SSSR count). The minimum Gasteiger partial charge on any atom is -0.354 e. The van der Waals surface area contributed by atoms with E-state index in [-0.39, 0.29) is 5.91 Å². The highest BCUT2D eigenvalue weighted by Gasteiger charge is 2.25. The molecule has 0 bridgehead atoms. The zero-order valence-electron chi connectivity index (χ0n) is 6.79. The fourth-order valence-electron chi connectivity index (χ4n) is 0.461. The van der Waals surface area contributed by atoms with Gasteiger partial charge in [-0.15, -0.1) is 23.2 Å². The van der Waals surface area contributed by atoms with E-state index in [9.17, 15) is 4.79 Å². The molecule has 0 aliphatic carbocycles. The molecule has 2 nitrogen and oxygen atoms in total. The lowest BCUT2D eigenvalue weighted by molar-refractivity contribution is -0.128. The molecule has 66 valence electrons. The zero-order valence-corrected chi connectivity index (χ0v) is 8.30. The van der Waals surface area contributed by atoms with Crippen LogP contribution in [0.1, 0.15) is 13.8 Å². The molecule has 0 aromatic rings. The lowest BCUT2D eigenvalue weighted by Gasteiger charge is -2.19. The third kappa shape index (κ3) is 3.82. The summed E-state index contributed by atoms with van der Waals surface area (Å²) in [6.07, 6.45) is 0. The number of amides is 1. The van der Waals surface area contributed by atoms with Crippen molar-refractivity contribution in [3.8, 4) is 0 Å². The maximum absolute atomic E-state index is 11.2. The Bertz CT molecular complexity index is 136. The Kier molecular flexibility index (Phi) is 4.86. The van der Waals surface area contributed by atoms with Gasteiger partial charge < -0.3 is 5.32 Å². The number of carbonyl (C=O) groups is 1. The van der Waals surface area contributed by atoms with Crippen molar-refractivity contribution < 1.29 is 4.79 Å². The van der Waals surface area contributed by atoms with Crippen LogP contribution in [0, 0.1) is 5.41 Å². The Morgan fingerprint density at radius 1 is 1.45 bits per heavy atom. The number of hydrogen-bond acceptors (Lipinski definition) is 1. The van der Waals surface area contributed by atoms with E-state index in [1.54, 1.807) is 13.8 Å². The van der Waals surface area contributed by atoms with Gasteiger partial charge in [0.1, 0.15) is 0 Å². The average molecular weight is 198 g/mol. The van der Waals surface area contributed by atoms with E-state index in [4.69, 9.17) is 23.2 Å². The van der Waals surface area contributed by atoms with Gasteiger partial charge >= 0.3 is 0 Å². The molecular weight excluding hydrogens is 185 g/mol. The first-order chi connectivity index (χ1) is 5.04. The van der Waals surface area contributed by atoms with Crippen molar-refractivity contribution in [1.29, 1.82) is 0 Å². The second-order valence-corrected chi connectivity index (χ2v) is 3.61. The van der Waals surface area contributed by atoms with E-state index < -0.39 is 5.41 Å². The maximum Gasteiger partial charge on any atom is 0.226 e. The molecule has 0 aromatic heterocycles. The SMILES string of the molecule is CC(C)(CCl)C(=O)NCCCl. The fourth-order valence-corrected chi connectivity index (χ4v) is 0.677. The van der Waals surface area contributed by atoms with Crippen LogP contribution >= 0.6 is 23.2 Å². The maximum atomic E-state index is 11.2. The quantitative estimate of drug-likeness (QED) is 0.683. The molecule has 0 heterocycles. The zero-order chi connectivity index (χ0) is 8.91. The number of alkyl halides is 2. The van der Waals surface area contributed by atoms with Crippen LogP contribution in [-0.2, 0) is 4.79 Å². The first-order valence-electron chi connectivity index (χ1n) is 3.45. The lowest BCUT2D eigenvalue weighted by atomic mass is 9.95. The third-order valence-electron chi connectivity index (χ3n) is 1.33. The average Bonchev–Trinajstić information content (AvgIpc) is 2.00. The molecule has 0 spiro atoms. The first kappa shape index (κ1) is 11.1.